The maximum atomic E-state index is 7.82. The molecule has 0 radical (unpaired) electrons. The van der Waals surface area contributed by atoms with Gasteiger partial charge in [0.2, 0.25) is 0 Å². The summed E-state index contributed by atoms with van der Waals surface area (Å²) in [5, 5.41) is 3.37. The fraction of sp³-hybridized carbons (Fsp3) is 0.500. The van der Waals surface area contributed by atoms with Gasteiger partial charge in [-0.05, 0) is 18.4 Å². The highest BCUT2D eigenvalue weighted by Crippen LogP contribution is 2.18. The van der Waals surface area contributed by atoms with Crippen LogP contribution >= 0.6 is 0 Å². The molecule has 0 fully saturated rings. The van der Waals surface area contributed by atoms with Crippen molar-refractivity contribution in [3.8, 4) is 0 Å². The van der Waals surface area contributed by atoms with Crippen LogP contribution < -0.4 is 0 Å². The van der Waals surface area contributed by atoms with Gasteiger partial charge in [0.15, 0.2) is 0 Å². The lowest BCUT2D eigenvalue weighted by atomic mass is 10.1. The third kappa shape index (κ3) is 0.725. The van der Waals surface area contributed by atoms with E-state index in [0.717, 1.165) is 18.5 Å². The van der Waals surface area contributed by atoms with Gasteiger partial charge in [-0.15, -0.1) is 0 Å². The van der Waals surface area contributed by atoms with Crippen LogP contribution in [0.25, 0.3) is 10.4 Å². The monoisotopic (exact) mass is 95.0 g/mol. The molecule has 0 unspecified atom stereocenters. The first-order chi connectivity index (χ1) is 3.43. The van der Waals surface area contributed by atoms with E-state index in [4.69, 9.17) is 5.53 Å². The van der Waals surface area contributed by atoms with E-state index in [0.29, 0.717) is 0 Å². The Morgan fingerprint density at radius 3 is 2.71 bits per heavy atom. The molecule has 7 heavy (non-hydrogen) atoms. The Hall–Kier alpha value is -0.950. The summed E-state index contributed by atoms with van der Waals surface area (Å²) in [5.41, 5.74) is 8.71. The molecule has 1 aliphatic rings. The highest BCUT2D eigenvalue weighted by atomic mass is 15.1. The van der Waals surface area contributed by atoms with Gasteiger partial charge in [0.25, 0.3) is 0 Å². The van der Waals surface area contributed by atoms with Crippen LogP contribution in [0, 0.1) is 0 Å². The molecule has 3 nitrogen and oxygen atoms in total. The summed E-state index contributed by atoms with van der Waals surface area (Å²) in [4.78, 5) is 2.61. The topological polar surface area (TPSA) is 48.8 Å². The lowest BCUT2D eigenvalue weighted by Crippen LogP contribution is -1.86. The summed E-state index contributed by atoms with van der Waals surface area (Å²) in [6, 6.07) is 0. The minimum atomic E-state index is 0.891. The first-order valence-corrected chi connectivity index (χ1v) is 2.17. The number of allylic oxidation sites excluding steroid dienone is 2. The molecule has 3 heteroatoms. The molecule has 0 saturated heterocycles. The molecule has 1 rings (SSSR count). The van der Waals surface area contributed by atoms with Crippen molar-refractivity contribution in [3.05, 3.63) is 22.2 Å². The summed E-state index contributed by atoms with van der Waals surface area (Å²) in [7, 11) is 0. The molecule has 36 valence electrons. The van der Waals surface area contributed by atoms with Crippen molar-refractivity contribution in [2.24, 2.45) is 5.11 Å². The fourth-order valence-corrected chi connectivity index (χ4v) is 0.422. The van der Waals surface area contributed by atoms with Gasteiger partial charge in [-0.2, -0.15) is 0 Å². The predicted molar refractivity (Wildman–Crippen MR) is 26.5 cm³/mol. The molecule has 1 aliphatic carbocycles. The highest BCUT2D eigenvalue weighted by Gasteiger charge is 1.99. The Morgan fingerprint density at radius 2 is 2.57 bits per heavy atom. The summed E-state index contributed by atoms with van der Waals surface area (Å²) in [6.07, 6.45) is 3.97. The van der Waals surface area contributed by atoms with E-state index in [1.54, 1.807) is 0 Å². The molecule has 0 spiro atoms. The van der Waals surface area contributed by atoms with Gasteiger partial charge in [0.1, 0.15) is 0 Å². The number of hydrogen-bond donors (Lipinski definition) is 0. The first kappa shape index (κ1) is 4.22. The molecule has 0 heterocycles. The zero-order valence-electron chi connectivity index (χ0n) is 3.83. The van der Waals surface area contributed by atoms with Crippen molar-refractivity contribution in [2.75, 3.05) is 0 Å². The van der Waals surface area contributed by atoms with Gasteiger partial charge < -0.3 is 0 Å². The molecule has 0 N–H and O–H groups in total. The second kappa shape index (κ2) is 1.67. The molecule has 0 saturated carbocycles. The second-order valence-electron chi connectivity index (χ2n) is 1.42. The summed E-state index contributed by atoms with van der Waals surface area (Å²) >= 11 is 0. The summed E-state index contributed by atoms with van der Waals surface area (Å²) in [6.45, 7) is 0. The van der Waals surface area contributed by atoms with E-state index in [1.165, 1.54) is 0 Å². The van der Waals surface area contributed by atoms with Crippen molar-refractivity contribution < 1.29 is 0 Å². The van der Waals surface area contributed by atoms with Gasteiger partial charge in [0.05, 0.1) is 0 Å². The van der Waals surface area contributed by atoms with E-state index in [1.807, 2.05) is 6.08 Å². The van der Waals surface area contributed by atoms with Gasteiger partial charge in [0, 0.05) is 10.6 Å². The van der Waals surface area contributed by atoms with E-state index in [9.17, 15) is 0 Å². The summed E-state index contributed by atoms with van der Waals surface area (Å²) < 4.78 is 0. The molecular weight excluding hydrogens is 90.1 g/mol. The minimum Gasteiger partial charge on any atom is -0.0787 e. The van der Waals surface area contributed by atoms with Gasteiger partial charge in [-0.25, -0.2) is 0 Å². The Balaban J connectivity index is 2.57. The van der Waals surface area contributed by atoms with Crippen LogP contribution in [0.3, 0.4) is 0 Å². The van der Waals surface area contributed by atoms with E-state index < -0.39 is 0 Å². The van der Waals surface area contributed by atoms with Gasteiger partial charge >= 0.3 is 0 Å². The Bertz CT molecular complexity index is 141. The van der Waals surface area contributed by atoms with E-state index in [-0.39, 0.29) is 0 Å². The smallest absolute Gasteiger partial charge is 0.0114 e. The maximum Gasteiger partial charge on any atom is 0.0114 e. The van der Waals surface area contributed by atoms with Crippen LogP contribution in [0.2, 0.25) is 0 Å². The zero-order chi connectivity index (χ0) is 5.11. The molecule has 0 aromatic heterocycles. The maximum absolute atomic E-state index is 7.82. The molecule has 0 atom stereocenters. The Morgan fingerprint density at radius 1 is 1.86 bits per heavy atom. The standard InChI is InChI=1S/C4H5N3/c5-7-6-4-2-1-3-4/h2H,1,3H2. The van der Waals surface area contributed by atoms with E-state index >= 15 is 0 Å². The highest BCUT2D eigenvalue weighted by molar-refractivity contribution is 5.09. The molecule has 0 aromatic rings. The Kier molecular flexibility index (Phi) is 1.00. The van der Waals surface area contributed by atoms with Crippen molar-refractivity contribution in [2.45, 2.75) is 12.8 Å². The average Bonchev–Trinajstić information content (AvgIpc) is 1.55. The molecule has 0 amide bonds. The Labute approximate surface area is 41.3 Å². The van der Waals surface area contributed by atoms with Crippen LogP contribution in [-0.4, -0.2) is 0 Å². The zero-order valence-corrected chi connectivity index (χ0v) is 3.83. The molecule has 0 aromatic carbocycles. The lowest BCUT2D eigenvalue weighted by Gasteiger charge is -2.04. The van der Waals surface area contributed by atoms with Crippen LogP contribution in [0.15, 0.2) is 16.9 Å². The third-order valence-corrected chi connectivity index (χ3v) is 0.954. The van der Waals surface area contributed by atoms with Crippen molar-refractivity contribution in [3.63, 3.8) is 0 Å². The van der Waals surface area contributed by atoms with Crippen LogP contribution in [0.5, 0.6) is 0 Å². The first-order valence-electron chi connectivity index (χ1n) is 2.17. The van der Waals surface area contributed by atoms with Crippen molar-refractivity contribution in [1.29, 1.82) is 0 Å². The van der Waals surface area contributed by atoms with Crippen molar-refractivity contribution in [1.82, 2.24) is 0 Å². The third-order valence-electron chi connectivity index (χ3n) is 0.954. The number of rotatable bonds is 1. The van der Waals surface area contributed by atoms with Crippen LogP contribution in [0.4, 0.5) is 0 Å². The van der Waals surface area contributed by atoms with Gasteiger partial charge in [-0.3, -0.25) is 0 Å². The molecular formula is C4H5N3. The second-order valence-corrected chi connectivity index (χ2v) is 1.42. The minimum absolute atomic E-state index is 0.891. The quantitative estimate of drug-likeness (QED) is 0.271. The molecule has 0 bridgehead atoms. The van der Waals surface area contributed by atoms with Crippen LogP contribution in [-0.2, 0) is 0 Å². The number of azide groups is 1. The number of nitrogens with zero attached hydrogens (tertiary/aromatic N) is 3. The van der Waals surface area contributed by atoms with Gasteiger partial charge in [-0.1, -0.05) is 11.2 Å². The van der Waals surface area contributed by atoms with Crippen LogP contribution in [0.1, 0.15) is 12.8 Å². The SMILES string of the molecule is [N-]=[N+]=NC1=CCC1. The predicted octanol–water partition coefficient (Wildman–Crippen LogP) is 1.97. The van der Waals surface area contributed by atoms with Crippen molar-refractivity contribution >= 4 is 0 Å². The average molecular weight is 95.1 g/mol. The normalized spacial score (nSPS) is 16.3. The van der Waals surface area contributed by atoms with E-state index in [2.05, 4.69) is 10.0 Å². The number of hydrogen-bond acceptors (Lipinski definition) is 1. The largest absolute Gasteiger partial charge is 0.0787 e. The fourth-order valence-electron chi connectivity index (χ4n) is 0.422. The molecule has 0 aliphatic heterocycles. The lowest BCUT2D eigenvalue weighted by molar-refractivity contribution is 0.853. The summed E-state index contributed by atoms with van der Waals surface area (Å²) in [5.74, 6) is 0.